The van der Waals surface area contributed by atoms with Gasteiger partial charge in [0.15, 0.2) is 11.5 Å². The molecule has 2 aliphatic heterocycles. The van der Waals surface area contributed by atoms with Crippen molar-refractivity contribution in [2.75, 3.05) is 19.8 Å². The lowest BCUT2D eigenvalue weighted by Crippen LogP contribution is -2.29. The highest BCUT2D eigenvalue weighted by atomic mass is 19.1. The average molecular weight is 360 g/mol. The Kier molecular flexibility index (Phi) is 4.58. The first-order valence-corrected chi connectivity index (χ1v) is 8.73. The van der Waals surface area contributed by atoms with Crippen LogP contribution in [0.4, 0.5) is 4.39 Å². The van der Waals surface area contributed by atoms with Gasteiger partial charge in [0, 0.05) is 31.6 Å². The quantitative estimate of drug-likeness (QED) is 0.827. The summed E-state index contributed by atoms with van der Waals surface area (Å²) in [5.41, 5.74) is 0.361. The molecular weight excluding hydrogens is 339 g/mol. The van der Waals surface area contributed by atoms with Crippen molar-refractivity contribution in [1.82, 2.24) is 19.9 Å². The van der Waals surface area contributed by atoms with Crippen molar-refractivity contribution in [2.45, 2.75) is 39.0 Å². The molecule has 2 aliphatic rings. The van der Waals surface area contributed by atoms with Crippen molar-refractivity contribution in [3.8, 4) is 17.4 Å². The number of aryl methyl sites for hydroxylation is 1. The molecule has 0 unspecified atom stereocenters. The topological polar surface area (TPSA) is 69.6 Å². The summed E-state index contributed by atoms with van der Waals surface area (Å²) in [5.74, 6) is 1.71. The van der Waals surface area contributed by atoms with E-state index in [1.165, 1.54) is 6.07 Å². The molecule has 0 aromatic carbocycles. The molecule has 138 valence electrons. The first kappa shape index (κ1) is 17.0. The fourth-order valence-corrected chi connectivity index (χ4v) is 3.28. The molecule has 2 aromatic rings. The number of hydrogen-bond acceptors (Lipinski definition) is 7. The third kappa shape index (κ3) is 3.55. The van der Waals surface area contributed by atoms with E-state index in [1.807, 2.05) is 6.92 Å². The number of fused-ring (bicyclic) bond motifs is 1. The van der Waals surface area contributed by atoms with E-state index >= 15 is 0 Å². The normalized spacial score (nSPS) is 22.4. The number of rotatable bonds is 4. The average Bonchev–Trinajstić information content (AvgIpc) is 2.97. The second kappa shape index (κ2) is 7.03. The van der Waals surface area contributed by atoms with Crippen LogP contribution in [0.15, 0.2) is 18.5 Å². The molecule has 0 bridgehead atoms. The second-order valence-electron chi connectivity index (χ2n) is 6.64. The minimum atomic E-state index is -0.377. The van der Waals surface area contributed by atoms with E-state index in [0.717, 1.165) is 6.42 Å². The lowest BCUT2D eigenvalue weighted by atomic mass is 10.2. The summed E-state index contributed by atoms with van der Waals surface area (Å²) in [4.78, 5) is 14.7. The van der Waals surface area contributed by atoms with Gasteiger partial charge < -0.3 is 14.2 Å². The Morgan fingerprint density at radius 2 is 2.04 bits per heavy atom. The van der Waals surface area contributed by atoms with Crippen LogP contribution in [0.3, 0.4) is 0 Å². The summed E-state index contributed by atoms with van der Waals surface area (Å²) in [6.45, 7) is 5.86. The molecule has 0 spiro atoms. The Bertz CT molecular complexity index is 787. The maximum Gasteiger partial charge on any atom is 0.257 e. The van der Waals surface area contributed by atoms with Crippen LogP contribution in [0.2, 0.25) is 0 Å². The number of aromatic nitrogens is 3. The fourth-order valence-electron chi connectivity index (χ4n) is 3.28. The van der Waals surface area contributed by atoms with E-state index in [1.54, 1.807) is 12.4 Å². The van der Waals surface area contributed by atoms with E-state index < -0.39 is 0 Å². The highest BCUT2D eigenvalue weighted by Gasteiger charge is 2.32. The highest BCUT2D eigenvalue weighted by molar-refractivity contribution is 5.36. The van der Waals surface area contributed by atoms with Gasteiger partial charge in [0.25, 0.3) is 5.88 Å². The summed E-state index contributed by atoms with van der Waals surface area (Å²) < 4.78 is 31.2. The van der Waals surface area contributed by atoms with Crippen molar-refractivity contribution in [3.05, 3.63) is 35.8 Å². The van der Waals surface area contributed by atoms with E-state index in [-0.39, 0.29) is 18.0 Å². The molecule has 1 saturated heterocycles. The molecule has 2 atom stereocenters. The van der Waals surface area contributed by atoms with Crippen molar-refractivity contribution in [1.29, 1.82) is 0 Å². The first-order chi connectivity index (χ1) is 12.6. The SMILES string of the molecule is Cc1ncc(O[C@@H]2C[C@H](C)N(Cc3nc4c(cc3F)OCCO4)C2)cn1. The third-order valence-electron chi connectivity index (χ3n) is 4.64. The smallest absolute Gasteiger partial charge is 0.257 e. The van der Waals surface area contributed by atoms with Gasteiger partial charge in [-0.2, -0.15) is 0 Å². The van der Waals surface area contributed by atoms with Gasteiger partial charge >= 0.3 is 0 Å². The van der Waals surface area contributed by atoms with Crippen LogP contribution in [0.1, 0.15) is 24.9 Å². The zero-order valence-electron chi connectivity index (χ0n) is 14.8. The minimum Gasteiger partial charge on any atom is -0.486 e. The maximum atomic E-state index is 14.4. The van der Waals surface area contributed by atoms with E-state index in [0.29, 0.717) is 55.2 Å². The predicted octanol–water partition coefficient (Wildman–Crippen LogP) is 2.13. The Morgan fingerprint density at radius 3 is 2.85 bits per heavy atom. The van der Waals surface area contributed by atoms with Crippen molar-refractivity contribution in [3.63, 3.8) is 0 Å². The standard InChI is InChI=1S/C18H21FN4O3/c1-11-5-13(26-14-7-20-12(2)21-8-14)9-23(11)10-16-15(19)6-17-18(22-16)25-4-3-24-17/h6-8,11,13H,3-5,9-10H2,1-2H3/t11-,13+/m0/s1. The molecule has 0 saturated carbocycles. The summed E-state index contributed by atoms with van der Waals surface area (Å²) in [6, 6.07) is 1.61. The van der Waals surface area contributed by atoms with Crippen LogP contribution in [0.5, 0.6) is 17.4 Å². The van der Waals surface area contributed by atoms with Crippen LogP contribution in [-0.4, -0.2) is 51.8 Å². The molecule has 8 heteroatoms. The Labute approximate surface area is 151 Å². The molecule has 0 radical (unpaired) electrons. The zero-order chi connectivity index (χ0) is 18.1. The summed E-state index contributed by atoms with van der Waals surface area (Å²) in [7, 11) is 0. The number of hydrogen-bond donors (Lipinski definition) is 0. The van der Waals surface area contributed by atoms with E-state index in [4.69, 9.17) is 14.2 Å². The largest absolute Gasteiger partial charge is 0.486 e. The summed E-state index contributed by atoms with van der Waals surface area (Å²) in [5, 5.41) is 0. The molecule has 0 N–H and O–H groups in total. The first-order valence-electron chi connectivity index (χ1n) is 8.73. The molecular formula is C18H21FN4O3. The van der Waals surface area contributed by atoms with Crippen molar-refractivity contribution >= 4 is 0 Å². The predicted molar refractivity (Wildman–Crippen MR) is 90.9 cm³/mol. The van der Waals surface area contributed by atoms with Gasteiger partial charge in [-0.3, -0.25) is 4.90 Å². The molecule has 2 aromatic heterocycles. The third-order valence-corrected chi connectivity index (χ3v) is 4.64. The van der Waals surface area contributed by atoms with Gasteiger partial charge in [-0.05, 0) is 13.8 Å². The maximum absolute atomic E-state index is 14.4. The highest BCUT2D eigenvalue weighted by Crippen LogP contribution is 2.31. The molecule has 0 amide bonds. The number of nitrogens with zero attached hydrogens (tertiary/aromatic N) is 4. The Morgan fingerprint density at radius 1 is 1.27 bits per heavy atom. The van der Waals surface area contributed by atoms with Gasteiger partial charge in [-0.25, -0.2) is 19.3 Å². The lowest BCUT2D eigenvalue weighted by molar-refractivity contribution is 0.160. The van der Waals surface area contributed by atoms with Crippen molar-refractivity contribution in [2.24, 2.45) is 0 Å². The number of ether oxygens (including phenoxy) is 3. The summed E-state index contributed by atoms with van der Waals surface area (Å²) >= 11 is 0. The molecule has 7 nitrogen and oxygen atoms in total. The van der Waals surface area contributed by atoms with Crippen LogP contribution in [0.25, 0.3) is 0 Å². The Balaban J connectivity index is 1.43. The number of halogens is 1. The Hall–Kier alpha value is -2.48. The van der Waals surface area contributed by atoms with E-state index in [2.05, 4.69) is 26.8 Å². The fraction of sp³-hybridized carbons (Fsp3) is 0.500. The summed E-state index contributed by atoms with van der Waals surface area (Å²) in [6.07, 6.45) is 4.21. The number of pyridine rings is 1. The molecule has 26 heavy (non-hydrogen) atoms. The van der Waals surface area contributed by atoms with Gasteiger partial charge in [-0.1, -0.05) is 0 Å². The van der Waals surface area contributed by atoms with Gasteiger partial charge in [0.2, 0.25) is 0 Å². The monoisotopic (exact) mass is 360 g/mol. The van der Waals surface area contributed by atoms with Crippen LogP contribution < -0.4 is 14.2 Å². The molecule has 1 fully saturated rings. The molecule has 0 aliphatic carbocycles. The van der Waals surface area contributed by atoms with Crippen LogP contribution >= 0.6 is 0 Å². The van der Waals surface area contributed by atoms with Gasteiger partial charge in [0.05, 0.1) is 18.1 Å². The van der Waals surface area contributed by atoms with Gasteiger partial charge in [0.1, 0.15) is 31.0 Å². The number of likely N-dealkylation sites (tertiary alicyclic amines) is 1. The van der Waals surface area contributed by atoms with E-state index in [9.17, 15) is 4.39 Å². The molecule has 4 heterocycles. The second-order valence-corrected chi connectivity index (χ2v) is 6.64. The lowest BCUT2D eigenvalue weighted by Gasteiger charge is -2.22. The molecule has 4 rings (SSSR count). The van der Waals surface area contributed by atoms with Crippen molar-refractivity contribution < 1.29 is 18.6 Å². The van der Waals surface area contributed by atoms with Crippen LogP contribution in [-0.2, 0) is 6.54 Å². The minimum absolute atomic E-state index is 0.0107. The van der Waals surface area contributed by atoms with Gasteiger partial charge in [-0.15, -0.1) is 0 Å². The van der Waals surface area contributed by atoms with Crippen LogP contribution in [0, 0.1) is 12.7 Å². The zero-order valence-corrected chi connectivity index (χ0v) is 14.8.